The maximum Gasteiger partial charge on any atom is 0.0148 e. The van der Waals surface area contributed by atoms with Crippen molar-refractivity contribution in [3.05, 3.63) is 35.4 Å². The summed E-state index contributed by atoms with van der Waals surface area (Å²) in [6.45, 7) is 0. The van der Waals surface area contributed by atoms with Crippen LogP contribution >= 0.6 is 15.9 Å². The molecule has 3 rings (SSSR count). The largest absolute Gasteiger partial charge is 0.0891 e. The fourth-order valence-electron chi connectivity index (χ4n) is 3.73. The molecule has 0 N–H and O–H groups in total. The molecule has 2 aliphatic rings. The van der Waals surface area contributed by atoms with Crippen molar-refractivity contribution in [3.63, 3.8) is 0 Å². The second kappa shape index (κ2) is 5.14. The topological polar surface area (TPSA) is 0 Å². The Balaban J connectivity index is 1.72. The van der Waals surface area contributed by atoms with Crippen molar-refractivity contribution in [2.75, 3.05) is 0 Å². The van der Waals surface area contributed by atoms with Crippen molar-refractivity contribution < 1.29 is 0 Å². The van der Waals surface area contributed by atoms with Crippen LogP contribution in [0.5, 0.6) is 0 Å². The van der Waals surface area contributed by atoms with E-state index >= 15 is 0 Å². The van der Waals surface area contributed by atoms with Crippen molar-refractivity contribution in [2.24, 2.45) is 5.92 Å². The predicted octanol–water partition coefficient (Wildman–Crippen LogP) is 5.06. The SMILES string of the molecule is BrC1CCC(CC2CCCc3ccccc32)C1. The Hall–Kier alpha value is -0.300. The highest BCUT2D eigenvalue weighted by Gasteiger charge is 2.27. The van der Waals surface area contributed by atoms with E-state index in [-0.39, 0.29) is 0 Å². The van der Waals surface area contributed by atoms with Gasteiger partial charge in [-0.3, -0.25) is 0 Å². The van der Waals surface area contributed by atoms with Gasteiger partial charge in [0, 0.05) is 4.83 Å². The van der Waals surface area contributed by atoms with Crippen molar-refractivity contribution in [1.29, 1.82) is 0 Å². The molecule has 3 atom stereocenters. The number of fused-ring (bicyclic) bond motifs is 1. The summed E-state index contributed by atoms with van der Waals surface area (Å²) < 4.78 is 0. The van der Waals surface area contributed by atoms with E-state index in [0.717, 1.165) is 16.7 Å². The van der Waals surface area contributed by atoms with Gasteiger partial charge >= 0.3 is 0 Å². The highest BCUT2D eigenvalue weighted by Crippen LogP contribution is 2.41. The van der Waals surface area contributed by atoms with E-state index < -0.39 is 0 Å². The zero-order valence-corrected chi connectivity index (χ0v) is 12.0. The standard InChI is InChI=1S/C16H21Br/c17-15-9-8-12(11-15)10-14-6-3-5-13-4-1-2-7-16(13)14/h1-2,4,7,12,14-15H,3,5-6,8-11H2. The zero-order valence-electron chi connectivity index (χ0n) is 10.4. The Kier molecular flexibility index (Phi) is 3.56. The van der Waals surface area contributed by atoms with Crippen LogP contribution in [0.4, 0.5) is 0 Å². The molecule has 1 aromatic rings. The molecule has 92 valence electrons. The van der Waals surface area contributed by atoms with Gasteiger partial charge in [0.2, 0.25) is 0 Å². The van der Waals surface area contributed by atoms with Crippen LogP contribution in [-0.2, 0) is 6.42 Å². The van der Waals surface area contributed by atoms with Crippen LogP contribution in [0.1, 0.15) is 55.6 Å². The molecule has 0 amide bonds. The first-order valence-electron chi connectivity index (χ1n) is 7.05. The molecule has 0 spiro atoms. The highest BCUT2D eigenvalue weighted by molar-refractivity contribution is 9.09. The maximum atomic E-state index is 3.78. The molecule has 1 fully saturated rings. The van der Waals surface area contributed by atoms with Gasteiger partial charge in [0.1, 0.15) is 0 Å². The Morgan fingerprint density at radius 1 is 1.12 bits per heavy atom. The minimum Gasteiger partial charge on any atom is -0.0891 e. The average molecular weight is 293 g/mol. The van der Waals surface area contributed by atoms with E-state index in [0.29, 0.717) is 0 Å². The summed E-state index contributed by atoms with van der Waals surface area (Å²) in [6, 6.07) is 9.13. The Labute approximate surface area is 113 Å². The van der Waals surface area contributed by atoms with Gasteiger partial charge in [-0.15, -0.1) is 0 Å². The summed E-state index contributed by atoms with van der Waals surface area (Å²) in [5, 5.41) is 0. The van der Waals surface area contributed by atoms with Crippen LogP contribution in [0.2, 0.25) is 0 Å². The molecule has 0 radical (unpaired) electrons. The fraction of sp³-hybridized carbons (Fsp3) is 0.625. The molecular formula is C16H21Br. The first-order chi connectivity index (χ1) is 8.33. The first kappa shape index (κ1) is 11.8. The lowest BCUT2D eigenvalue weighted by atomic mass is 9.78. The van der Waals surface area contributed by atoms with Gasteiger partial charge in [0.25, 0.3) is 0 Å². The maximum absolute atomic E-state index is 3.78. The van der Waals surface area contributed by atoms with Crippen LogP contribution in [0.15, 0.2) is 24.3 Å². The second-order valence-electron chi connectivity index (χ2n) is 5.80. The molecule has 17 heavy (non-hydrogen) atoms. The fourth-order valence-corrected chi connectivity index (χ4v) is 4.52. The first-order valence-corrected chi connectivity index (χ1v) is 7.96. The molecule has 0 aliphatic heterocycles. The third kappa shape index (κ3) is 2.59. The van der Waals surface area contributed by atoms with Gasteiger partial charge in [-0.2, -0.15) is 0 Å². The number of aryl methyl sites for hydroxylation is 1. The quantitative estimate of drug-likeness (QED) is 0.669. The smallest absolute Gasteiger partial charge is 0.0148 e. The van der Waals surface area contributed by atoms with E-state index in [9.17, 15) is 0 Å². The zero-order chi connectivity index (χ0) is 11.7. The van der Waals surface area contributed by atoms with Crippen molar-refractivity contribution in [2.45, 2.75) is 55.7 Å². The lowest BCUT2D eigenvalue weighted by Gasteiger charge is -2.27. The molecule has 0 saturated heterocycles. The van der Waals surface area contributed by atoms with Crippen LogP contribution < -0.4 is 0 Å². The summed E-state index contributed by atoms with van der Waals surface area (Å²) in [7, 11) is 0. The number of rotatable bonds is 2. The van der Waals surface area contributed by atoms with E-state index in [1.165, 1.54) is 44.9 Å². The Bertz CT molecular complexity index is 385. The van der Waals surface area contributed by atoms with Crippen LogP contribution in [0, 0.1) is 5.92 Å². The van der Waals surface area contributed by atoms with Crippen LogP contribution in [0.3, 0.4) is 0 Å². The van der Waals surface area contributed by atoms with Gasteiger partial charge in [-0.1, -0.05) is 40.2 Å². The van der Waals surface area contributed by atoms with E-state index in [1.54, 1.807) is 11.1 Å². The van der Waals surface area contributed by atoms with Gasteiger partial charge in [-0.25, -0.2) is 0 Å². The summed E-state index contributed by atoms with van der Waals surface area (Å²) in [4.78, 5) is 0.798. The lowest BCUT2D eigenvalue weighted by Crippen LogP contribution is -2.12. The number of alkyl halides is 1. The predicted molar refractivity (Wildman–Crippen MR) is 76.8 cm³/mol. The molecular weight excluding hydrogens is 272 g/mol. The summed E-state index contributed by atoms with van der Waals surface area (Å²) in [5.41, 5.74) is 3.29. The third-order valence-corrected chi connectivity index (χ3v) is 5.42. The number of hydrogen-bond acceptors (Lipinski definition) is 0. The lowest BCUT2D eigenvalue weighted by molar-refractivity contribution is 0.410. The monoisotopic (exact) mass is 292 g/mol. The Morgan fingerprint density at radius 3 is 2.82 bits per heavy atom. The summed E-state index contributed by atoms with van der Waals surface area (Å²) in [5.74, 6) is 1.82. The molecule has 1 saturated carbocycles. The third-order valence-electron chi connectivity index (χ3n) is 4.59. The molecule has 0 heterocycles. The molecule has 0 bridgehead atoms. The summed E-state index contributed by atoms with van der Waals surface area (Å²) in [6.07, 6.45) is 9.77. The van der Waals surface area contributed by atoms with Gasteiger partial charge < -0.3 is 0 Å². The molecule has 2 aliphatic carbocycles. The summed E-state index contributed by atoms with van der Waals surface area (Å²) >= 11 is 3.78. The minimum absolute atomic E-state index is 0.798. The molecule has 0 aromatic heterocycles. The van der Waals surface area contributed by atoms with Crippen molar-refractivity contribution in [1.82, 2.24) is 0 Å². The second-order valence-corrected chi connectivity index (χ2v) is 7.09. The van der Waals surface area contributed by atoms with E-state index in [2.05, 4.69) is 40.2 Å². The number of benzene rings is 1. The average Bonchev–Trinajstić information content (AvgIpc) is 2.75. The molecule has 3 unspecified atom stereocenters. The van der Waals surface area contributed by atoms with Gasteiger partial charge in [-0.05, 0) is 67.9 Å². The number of hydrogen-bond donors (Lipinski definition) is 0. The van der Waals surface area contributed by atoms with Crippen molar-refractivity contribution >= 4 is 15.9 Å². The van der Waals surface area contributed by atoms with E-state index in [4.69, 9.17) is 0 Å². The normalized spacial score (nSPS) is 32.4. The van der Waals surface area contributed by atoms with Crippen LogP contribution in [0.25, 0.3) is 0 Å². The molecule has 0 nitrogen and oxygen atoms in total. The van der Waals surface area contributed by atoms with Crippen LogP contribution in [-0.4, -0.2) is 4.83 Å². The van der Waals surface area contributed by atoms with Crippen molar-refractivity contribution in [3.8, 4) is 0 Å². The minimum atomic E-state index is 0.798. The molecule has 1 aromatic carbocycles. The Morgan fingerprint density at radius 2 is 2.00 bits per heavy atom. The highest BCUT2D eigenvalue weighted by atomic mass is 79.9. The number of halogens is 1. The van der Waals surface area contributed by atoms with Gasteiger partial charge in [0.05, 0.1) is 0 Å². The molecule has 1 heteroatoms. The van der Waals surface area contributed by atoms with E-state index in [1.807, 2.05) is 0 Å². The van der Waals surface area contributed by atoms with Gasteiger partial charge in [0.15, 0.2) is 0 Å².